The van der Waals surface area contributed by atoms with Gasteiger partial charge in [0.25, 0.3) is 0 Å². The Hall–Kier alpha value is -3.81. The number of aryl methyl sites for hydroxylation is 2. The third-order valence-corrected chi connectivity index (χ3v) is 6.97. The first-order valence-electron chi connectivity index (χ1n) is 11.9. The highest BCUT2D eigenvalue weighted by atomic mass is 19.1. The van der Waals surface area contributed by atoms with Crippen LogP contribution in [0, 0.1) is 19.7 Å². The Morgan fingerprint density at radius 3 is 2.89 bits per heavy atom. The first kappa shape index (κ1) is 21.7. The summed E-state index contributed by atoms with van der Waals surface area (Å²) in [5.41, 5.74) is 4.61. The zero-order chi connectivity index (χ0) is 24.2. The Kier molecular flexibility index (Phi) is 5.05. The van der Waals surface area contributed by atoms with Crippen LogP contribution in [-0.2, 0) is 10.6 Å². The van der Waals surface area contributed by atoms with Gasteiger partial charge in [-0.15, -0.1) is 0 Å². The van der Waals surface area contributed by atoms with Crippen molar-refractivity contribution >= 4 is 11.9 Å². The van der Waals surface area contributed by atoms with E-state index in [1.54, 1.807) is 13.4 Å². The van der Waals surface area contributed by atoms with E-state index in [0.29, 0.717) is 24.3 Å². The third kappa shape index (κ3) is 3.47. The van der Waals surface area contributed by atoms with Gasteiger partial charge in [0, 0.05) is 19.2 Å². The molecule has 0 aliphatic carbocycles. The van der Waals surface area contributed by atoms with Crippen molar-refractivity contribution in [2.24, 2.45) is 5.16 Å². The lowest BCUT2D eigenvalue weighted by molar-refractivity contribution is -0.128. The highest BCUT2D eigenvalue weighted by Crippen LogP contribution is 2.49. The summed E-state index contributed by atoms with van der Waals surface area (Å²) in [5.74, 6) is 1.96. The molecule has 1 spiro atoms. The van der Waals surface area contributed by atoms with Crippen molar-refractivity contribution in [3.05, 3.63) is 76.6 Å². The van der Waals surface area contributed by atoms with Gasteiger partial charge in [-0.1, -0.05) is 11.2 Å². The van der Waals surface area contributed by atoms with Gasteiger partial charge in [0.05, 0.1) is 37.0 Å². The van der Waals surface area contributed by atoms with Crippen molar-refractivity contribution in [2.45, 2.75) is 38.8 Å². The number of amidine groups is 1. The Labute approximate surface area is 203 Å². The molecule has 0 amide bonds. The van der Waals surface area contributed by atoms with Crippen LogP contribution < -0.4 is 9.47 Å². The number of methoxy groups -OCH3 is 1. The Balaban J connectivity index is 1.35. The molecule has 180 valence electrons. The number of hydrogen-bond donors (Lipinski definition) is 0. The second-order valence-corrected chi connectivity index (χ2v) is 9.27. The maximum absolute atomic E-state index is 14.4. The minimum absolute atomic E-state index is 0.295. The van der Waals surface area contributed by atoms with Gasteiger partial charge >= 0.3 is 0 Å². The van der Waals surface area contributed by atoms with E-state index in [4.69, 9.17) is 14.3 Å². The molecule has 0 saturated carbocycles. The fraction of sp³-hybridized carbons (Fsp3) is 0.333. The lowest BCUT2D eigenvalue weighted by Gasteiger charge is -2.43. The largest absolute Gasteiger partial charge is 0.495 e. The summed E-state index contributed by atoms with van der Waals surface area (Å²) in [6.45, 7) is 5.10. The van der Waals surface area contributed by atoms with E-state index in [-0.39, 0.29) is 5.82 Å². The Morgan fingerprint density at radius 1 is 1.20 bits per heavy atom. The van der Waals surface area contributed by atoms with E-state index in [9.17, 15) is 4.39 Å². The zero-order valence-corrected chi connectivity index (χ0v) is 20.0. The SMILES string of the molecule is COc1cc(/C=C2\CCCN3C2=NOC32CCOc3c(C)cc(F)cc32)ccc1-n1cnc(C)c1. The van der Waals surface area contributed by atoms with E-state index in [0.717, 1.165) is 59.1 Å². The van der Waals surface area contributed by atoms with Gasteiger partial charge in [-0.3, -0.25) is 0 Å². The number of aromatic nitrogens is 2. The molecule has 1 aromatic heterocycles. The van der Waals surface area contributed by atoms with Crippen LogP contribution >= 0.6 is 0 Å². The molecule has 6 rings (SSSR count). The number of benzene rings is 2. The molecule has 3 aromatic rings. The molecule has 2 aromatic carbocycles. The molecule has 1 unspecified atom stereocenters. The summed E-state index contributed by atoms with van der Waals surface area (Å²) in [5, 5.41) is 4.53. The van der Waals surface area contributed by atoms with E-state index in [1.165, 1.54) is 12.1 Å². The molecular formula is C27H27FN4O3. The van der Waals surface area contributed by atoms with Crippen LogP contribution in [0.25, 0.3) is 11.8 Å². The quantitative estimate of drug-likeness (QED) is 0.529. The van der Waals surface area contributed by atoms with Gasteiger partial charge in [-0.2, -0.15) is 0 Å². The lowest BCUT2D eigenvalue weighted by atomic mass is 9.89. The second-order valence-electron chi connectivity index (χ2n) is 9.27. The second kappa shape index (κ2) is 8.15. The van der Waals surface area contributed by atoms with Crippen molar-refractivity contribution in [2.75, 3.05) is 20.3 Å². The van der Waals surface area contributed by atoms with E-state index in [1.807, 2.05) is 36.7 Å². The maximum atomic E-state index is 14.4. The third-order valence-electron chi connectivity index (χ3n) is 6.97. The summed E-state index contributed by atoms with van der Waals surface area (Å²) < 4.78 is 28.0. The zero-order valence-electron chi connectivity index (χ0n) is 20.0. The maximum Gasteiger partial charge on any atom is 0.244 e. The normalized spacial score (nSPS) is 21.9. The molecular weight excluding hydrogens is 447 g/mol. The summed E-state index contributed by atoms with van der Waals surface area (Å²) in [6.07, 6.45) is 8.29. The molecule has 1 saturated heterocycles. The number of halogens is 1. The predicted octanol–water partition coefficient (Wildman–Crippen LogP) is 5.10. The van der Waals surface area contributed by atoms with E-state index < -0.39 is 5.72 Å². The number of imidazole rings is 1. The number of nitrogens with zero attached hydrogens (tertiary/aromatic N) is 4. The van der Waals surface area contributed by atoms with Gasteiger partial charge in [-0.25, -0.2) is 9.37 Å². The first-order chi connectivity index (χ1) is 17.0. The highest BCUT2D eigenvalue weighted by Gasteiger charge is 2.53. The molecule has 3 aliphatic heterocycles. The van der Waals surface area contributed by atoms with Gasteiger partial charge in [0.15, 0.2) is 5.84 Å². The van der Waals surface area contributed by atoms with Gasteiger partial charge < -0.3 is 23.8 Å². The van der Waals surface area contributed by atoms with Crippen molar-refractivity contribution in [3.63, 3.8) is 0 Å². The summed E-state index contributed by atoms with van der Waals surface area (Å²) in [7, 11) is 1.67. The van der Waals surface area contributed by atoms with Crippen molar-refractivity contribution in [1.29, 1.82) is 0 Å². The minimum Gasteiger partial charge on any atom is -0.495 e. The molecule has 3 aliphatic rings. The summed E-state index contributed by atoms with van der Waals surface area (Å²) in [6, 6.07) is 9.14. The van der Waals surface area contributed by atoms with Gasteiger partial charge in [0.2, 0.25) is 5.72 Å². The molecule has 0 N–H and O–H groups in total. The number of oxime groups is 1. The van der Waals surface area contributed by atoms with Crippen LogP contribution in [0.4, 0.5) is 4.39 Å². The number of piperidine rings is 1. The van der Waals surface area contributed by atoms with Gasteiger partial charge in [0.1, 0.15) is 17.3 Å². The molecule has 0 radical (unpaired) electrons. The lowest BCUT2D eigenvalue weighted by Crippen LogP contribution is -2.51. The van der Waals surface area contributed by atoms with Crippen molar-refractivity contribution in [1.82, 2.24) is 14.5 Å². The number of rotatable bonds is 3. The molecule has 0 bridgehead atoms. The van der Waals surface area contributed by atoms with Crippen LogP contribution in [0.3, 0.4) is 0 Å². The summed E-state index contributed by atoms with van der Waals surface area (Å²) >= 11 is 0. The smallest absolute Gasteiger partial charge is 0.244 e. The Bertz CT molecular complexity index is 1380. The topological polar surface area (TPSA) is 61.1 Å². The van der Waals surface area contributed by atoms with E-state index in [2.05, 4.69) is 27.2 Å². The highest BCUT2D eigenvalue weighted by molar-refractivity contribution is 6.03. The van der Waals surface area contributed by atoms with Crippen molar-refractivity contribution in [3.8, 4) is 17.2 Å². The summed E-state index contributed by atoms with van der Waals surface area (Å²) in [4.78, 5) is 12.6. The minimum atomic E-state index is -0.837. The standard InChI is InChI=1S/C27H27FN4O3/c1-17-11-21(28)14-22-25(17)34-10-8-27(22)32-9-4-5-20(26(32)30-35-27)12-19-6-7-23(24(13-19)33-3)31-15-18(2)29-16-31/h6-7,11-16H,4-5,8-10H2,1-3H3/b20-12+. The first-order valence-corrected chi connectivity index (χ1v) is 11.9. The molecule has 1 atom stereocenters. The average Bonchev–Trinajstić information content (AvgIpc) is 3.45. The Morgan fingerprint density at radius 2 is 2.09 bits per heavy atom. The van der Waals surface area contributed by atoms with Crippen LogP contribution in [-0.4, -0.2) is 40.5 Å². The fourth-order valence-corrected chi connectivity index (χ4v) is 5.35. The number of fused-ring (bicyclic) bond motifs is 4. The molecule has 8 heteroatoms. The van der Waals surface area contributed by atoms with Crippen LogP contribution in [0.1, 0.15) is 41.6 Å². The average molecular weight is 475 g/mol. The van der Waals surface area contributed by atoms with Crippen LogP contribution in [0.2, 0.25) is 0 Å². The fourth-order valence-electron chi connectivity index (χ4n) is 5.35. The molecule has 4 heterocycles. The monoisotopic (exact) mass is 474 g/mol. The molecule has 1 fully saturated rings. The van der Waals surface area contributed by atoms with E-state index >= 15 is 0 Å². The van der Waals surface area contributed by atoms with Crippen molar-refractivity contribution < 1.29 is 18.7 Å². The molecule has 35 heavy (non-hydrogen) atoms. The van der Waals surface area contributed by atoms with Crippen LogP contribution in [0.15, 0.2) is 53.6 Å². The van der Waals surface area contributed by atoms with Gasteiger partial charge in [-0.05, 0) is 73.7 Å². The number of hydrogen-bond acceptors (Lipinski definition) is 6. The number of ether oxygens (including phenoxy) is 2. The molecule has 7 nitrogen and oxygen atoms in total. The van der Waals surface area contributed by atoms with Crippen LogP contribution in [0.5, 0.6) is 11.5 Å². The predicted molar refractivity (Wildman–Crippen MR) is 130 cm³/mol.